The maximum atomic E-state index is 12.8. The number of nitrogens with two attached hydrogens (primary N) is 1. The molecule has 1 unspecified atom stereocenters. The van der Waals surface area contributed by atoms with E-state index < -0.39 is 10.8 Å². The predicted molar refractivity (Wildman–Crippen MR) is 129 cm³/mol. The zero-order chi connectivity index (χ0) is 20.4. The van der Waals surface area contributed by atoms with E-state index in [-0.39, 0.29) is 0 Å². The third-order valence-electron chi connectivity index (χ3n) is 4.78. The van der Waals surface area contributed by atoms with Gasteiger partial charge in [-0.3, -0.25) is 4.21 Å². The van der Waals surface area contributed by atoms with Crippen LogP contribution in [0.3, 0.4) is 0 Å². The van der Waals surface area contributed by atoms with Crippen molar-refractivity contribution in [2.24, 2.45) is 0 Å². The summed E-state index contributed by atoms with van der Waals surface area (Å²) in [5.41, 5.74) is 11.2. The molecule has 0 fully saturated rings. The fourth-order valence-electron chi connectivity index (χ4n) is 3.25. The van der Waals surface area contributed by atoms with Crippen LogP contribution in [0.1, 0.15) is 19.8 Å². The fourth-order valence-corrected chi connectivity index (χ4v) is 6.31. The second-order valence-corrected chi connectivity index (χ2v) is 10.5. The van der Waals surface area contributed by atoms with E-state index in [0.717, 1.165) is 54.1 Å². The molecule has 0 bridgehead atoms. The van der Waals surface area contributed by atoms with Gasteiger partial charge in [0, 0.05) is 21.2 Å². The molecule has 2 N–H and O–H groups in total. The molecule has 0 aliphatic rings. The van der Waals surface area contributed by atoms with Crippen molar-refractivity contribution in [1.29, 1.82) is 0 Å². The van der Waals surface area contributed by atoms with Crippen molar-refractivity contribution in [1.82, 2.24) is 4.98 Å². The average molecular weight is 485 g/mol. The van der Waals surface area contributed by atoms with E-state index in [1.54, 1.807) is 0 Å². The number of fused-ring (bicyclic) bond motifs is 1. The van der Waals surface area contributed by atoms with Crippen molar-refractivity contribution in [3.05, 3.63) is 65.1 Å². The molecule has 0 amide bonds. The maximum Gasteiger partial charge on any atom is 0.127 e. The number of unbranched alkanes of at least 4 members (excludes halogenated alkanes) is 1. The Labute approximate surface area is 185 Å². The molecule has 0 spiro atoms. The highest BCUT2D eigenvalue weighted by molar-refractivity contribution is 9.10. The van der Waals surface area contributed by atoms with Gasteiger partial charge in [0.1, 0.15) is 9.04 Å². The van der Waals surface area contributed by atoms with Gasteiger partial charge >= 0.3 is 0 Å². The second kappa shape index (κ2) is 8.78. The van der Waals surface area contributed by atoms with Crippen LogP contribution in [0.15, 0.2) is 69.3 Å². The zero-order valence-corrected chi connectivity index (χ0v) is 19.2. The van der Waals surface area contributed by atoms with E-state index >= 15 is 0 Å². The fraction of sp³-hybridized carbons (Fsp3) is 0.174. The Hall–Kier alpha value is -2.02. The molecule has 2 heterocycles. The van der Waals surface area contributed by atoms with E-state index in [9.17, 15) is 4.21 Å². The molecule has 0 aliphatic heterocycles. The Bertz CT molecular complexity index is 1170. The molecule has 6 heteroatoms. The highest BCUT2D eigenvalue weighted by Gasteiger charge is 2.20. The van der Waals surface area contributed by atoms with Gasteiger partial charge in [-0.05, 0) is 35.7 Å². The predicted octanol–water partition coefficient (Wildman–Crippen LogP) is 6.88. The van der Waals surface area contributed by atoms with Gasteiger partial charge < -0.3 is 5.73 Å². The van der Waals surface area contributed by atoms with E-state index in [0.29, 0.717) is 11.4 Å². The number of thiophene rings is 1. The molecule has 0 saturated heterocycles. The van der Waals surface area contributed by atoms with E-state index in [1.807, 2.05) is 42.5 Å². The summed E-state index contributed by atoms with van der Waals surface area (Å²) in [6, 6.07) is 20.4. The monoisotopic (exact) mass is 484 g/mol. The molecule has 0 aliphatic carbocycles. The number of rotatable bonds is 6. The van der Waals surface area contributed by atoms with Crippen LogP contribution in [0.2, 0.25) is 0 Å². The molecule has 0 saturated carbocycles. The molecule has 2 aromatic heterocycles. The standard InChI is InChI=1S/C23H21BrN2OS2/c1-2-3-13-29(27)23-21(25)20-18(15-7-5-4-6-8-15)14-19(26-22(20)28-23)16-9-11-17(24)12-10-16/h4-12,14H,2-3,13,25H2,1H3. The number of nitrogen functional groups attached to an aromatic ring is 1. The molecule has 2 aromatic carbocycles. The third kappa shape index (κ3) is 4.15. The van der Waals surface area contributed by atoms with Gasteiger partial charge in [0.25, 0.3) is 0 Å². The number of benzene rings is 2. The summed E-state index contributed by atoms with van der Waals surface area (Å²) in [6.45, 7) is 2.10. The molecular weight excluding hydrogens is 464 g/mol. The summed E-state index contributed by atoms with van der Waals surface area (Å²) in [4.78, 5) is 5.73. The Morgan fingerprint density at radius 3 is 2.48 bits per heavy atom. The van der Waals surface area contributed by atoms with Gasteiger partial charge in [0.15, 0.2) is 0 Å². The first-order chi connectivity index (χ1) is 14.1. The SMILES string of the molecule is CCCCS(=O)c1sc2nc(-c3ccc(Br)cc3)cc(-c3ccccc3)c2c1N. The third-order valence-corrected chi connectivity index (χ3v) is 8.30. The van der Waals surface area contributed by atoms with Crippen LogP contribution in [0.4, 0.5) is 5.69 Å². The molecule has 0 radical (unpaired) electrons. The second-order valence-electron chi connectivity index (χ2n) is 6.81. The van der Waals surface area contributed by atoms with Crippen LogP contribution in [-0.2, 0) is 10.8 Å². The maximum absolute atomic E-state index is 12.8. The summed E-state index contributed by atoms with van der Waals surface area (Å²) in [7, 11) is -1.10. The topological polar surface area (TPSA) is 56.0 Å². The van der Waals surface area contributed by atoms with E-state index in [4.69, 9.17) is 10.7 Å². The van der Waals surface area contributed by atoms with Crippen molar-refractivity contribution >= 4 is 54.0 Å². The first-order valence-corrected chi connectivity index (χ1v) is 12.4. The molecule has 3 nitrogen and oxygen atoms in total. The van der Waals surface area contributed by atoms with Crippen LogP contribution < -0.4 is 5.73 Å². The summed E-state index contributed by atoms with van der Waals surface area (Å²) in [5, 5.41) is 0.905. The van der Waals surface area contributed by atoms with Crippen LogP contribution in [0.25, 0.3) is 32.6 Å². The summed E-state index contributed by atoms with van der Waals surface area (Å²) in [5.74, 6) is 0.633. The molecule has 1 atom stereocenters. The molecular formula is C23H21BrN2OS2. The number of aromatic nitrogens is 1. The number of anilines is 1. The molecule has 4 rings (SSSR count). The number of hydrogen-bond donors (Lipinski definition) is 1. The lowest BCUT2D eigenvalue weighted by Gasteiger charge is -2.09. The summed E-state index contributed by atoms with van der Waals surface area (Å²) < 4.78 is 14.6. The Kier molecular flexibility index (Phi) is 6.13. The normalized spacial score (nSPS) is 12.3. The van der Waals surface area contributed by atoms with Crippen molar-refractivity contribution in [2.45, 2.75) is 24.0 Å². The van der Waals surface area contributed by atoms with Crippen molar-refractivity contribution < 1.29 is 4.21 Å². The number of hydrogen-bond acceptors (Lipinski definition) is 4. The summed E-state index contributed by atoms with van der Waals surface area (Å²) in [6.07, 6.45) is 1.93. The summed E-state index contributed by atoms with van der Waals surface area (Å²) >= 11 is 4.95. The Balaban J connectivity index is 1.94. The first-order valence-electron chi connectivity index (χ1n) is 9.51. The minimum atomic E-state index is -1.10. The highest BCUT2D eigenvalue weighted by atomic mass is 79.9. The van der Waals surface area contributed by atoms with Gasteiger partial charge in [-0.2, -0.15) is 0 Å². The lowest BCUT2D eigenvalue weighted by molar-refractivity contribution is 0.681. The van der Waals surface area contributed by atoms with E-state index in [1.165, 1.54) is 11.3 Å². The average Bonchev–Trinajstić information content (AvgIpc) is 3.09. The first kappa shape index (κ1) is 20.3. The van der Waals surface area contributed by atoms with E-state index in [2.05, 4.69) is 41.1 Å². The number of halogens is 1. The van der Waals surface area contributed by atoms with Crippen molar-refractivity contribution in [3.8, 4) is 22.4 Å². The van der Waals surface area contributed by atoms with Crippen LogP contribution in [0, 0.1) is 0 Å². The van der Waals surface area contributed by atoms with Gasteiger partial charge in [0.05, 0.1) is 22.2 Å². The van der Waals surface area contributed by atoms with Gasteiger partial charge in [-0.15, -0.1) is 11.3 Å². The lowest BCUT2D eigenvalue weighted by Crippen LogP contribution is -1.99. The molecule has 4 aromatic rings. The Morgan fingerprint density at radius 2 is 1.79 bits per heavy atom. The highest BCUT2D eigenvalue weighted by Crippen LogP contribution is 2.42. The Morgan fingerprint density at radius 1 is 1.07 bits per heavy atom. The smallest absolute Gasteiger partial charge is 0.127 e. The zero-order valence-electron chi connectivity index (χ0n) is 16.0. The van der Waals surface area contributed by atoms with Gasteiger partial charge in [-0.1, -0.05) is 71.7 Å². The minimum absolute atomic E-state index is 0.605. The molecule has 29 heavy (non-hydrogen) atoms. The number of nitrogens with zero attached hydrogens (tertiary/aromatic N) is 1. The number of pyridine rings is 1. The van der Waals surface area contributed by atoms with Crippen molar-refractivity contribution in [2.75, 3.05) is 11.5 Å². The van der Waals surface area contributed by atoms with Crippen molar-refractivity contribution in [3.63, 3.8) is 0 Å². The lowest BCUT2D eigenvalue weighted by atomic mass is 10.00. The minimum Gasteiger partial charge on any atom is -0.396 e. The van der Waals surface area contributed by atoms with Gasteiger partial charge in [0.2, 0.25) is 0 Å². The van der Waals surface area contributed by atoms with Crippen LogP contribution in [0.5, 0.6) is 0 Å². The quantitative estimate of drug-likeness (QED) is 0.324. The van der Waals surface area contributed by atoms with Crippen LogP contribution in [-0.4, -0.2) is 14.9 Å². The largest absolute Gasteiger partial charge is 0.396 e. The van der Waals surface area contributed by atoms with Gasteiger partial charge in [-0.25, -0.2) is 4.98 Å². The molecule has 148 valence electrons. The van der Waals surface area contributed by atoms with Crippen LogP contribution >= 0.6 is 27.3 Å².